The number of aliphatic imine (C=N–C) groups is 2. The van der Waals surface area contributed by atoms with Gasteiger partial charge in [-0.3, -0.25) is 0 Å². The molecule has 0 saturated heterocycles. The van der Waals surface area contributed by atoms with Gasteiger partial charge >= 0.3 is 0 Å². The Balaban J connectivity index is 1.85. The summed E-state index contributed by atoms with van der Waals surface area (Å²) in [7, 11) is 0. The quantitative estimate of drug-likeness (QED) is 0.376. The van der Waals surface area contributed by atoms with Crippen molar-refractivity contribution in [2.24, 2.45) is 9.98 Å². The summed E-state index contributed by atoms with van der Waals surface area (Å²) in [6.07, 6.45) is 6.69. The topological polar surface area (TPSA) is 49.2 Å². The van der Waals surface area contributed by atoms with Crippen molar-refractivity contribution >= 4 is 23.2 Å². The van der Waals surface area contributed by atoms with Gasteiger partial charge in [-0.2, -0.15) is 4.99 Å². The van der Waals surface area contributed by atoms with E-state index in [1.165, 1.54) is 35.6 Å². The zero-order chi connectivity index (χ0) is 23.2. The van der Waals surface area contributed by atoms with Crippen molar-refractivity contribution in [1.29, 1.82) is 0 Å². The van der Waals surface area contributed by atoms with Crippen molar-refractivity contribution in [3.8, 4) is 0 Å². The van der Waals surface area contributed by atoms with Gasteiger partial charge in [-0.25, -0.2) is 13.8 Å². The van der Waals surface area contributed by atoms with Crippen LogP contribution >= 0.6 is 0 Å². The molecule has 0 aromatic heterocycles. The number of allylic oxidation sites excluding steroid dienone is 2. The monoisotopic (exact) mass is 444 g/mol. The second-order valence-electron chi connectivity index (χ2n) is 7.35. The number of benzene rings is 3. The van der Waals surface area contributed by atoms with Gasteiger partial charge in [0.15, 0.2) is 0 Å². The highest BCUT2D eigenvalue weighted by Crippen LogP contribution is 2.20. The van der Waals surface area contributed by atoms with Gasteiger partial charge in [0.25, 0.3) is 5.96 Å². The van der Waals surface area contributed by atoms with E-state index in [0.29, 0.717) is 17.2 Å². The molecule has 0 unspecified atom stereocenters. The maximum Gasteiger partial charge on any atom is 0.266 e. The number of guanidine groups is 1. The number of hydrogen-bond donors (Lipinski definition) is 1. The minimum absolute atomic E-state index is 0.217. The predicted octanol–water partition coefficient (Wildman–Crippen LogP) is 6.40. The highest BCUT2D eigenvalue weighted by atomic mass is 19.1. The molecule has 1 heterocycles. The maximum atomic E-state index is 13.5. The summed E-state index contributed by atoms with van der Waals surface area (Å²) >= 11 is 0. The molecule has 0 saturated carbocycles. The molecule has 0 spiro atoms. The molecule has 0 radical (unpaired) electrons. The van der Waals surface area contributed by atoms with Crippen LogP contribution in [0.3, 0.4) is 0 Å². The molecule has 3 aromatic carbocycles. The largest absolute Gasteiger partial charge is 0.380 e. The van der Waals surface area contributed by atoms with Crippen molar-refractivity contribution in [1.82, 2.24) is 5.06 Å². The normalized spacial score (nSPS) is 13.8. The number of nitrogens with one attached hydrogen (secondary N) is 1. The van der Waals surface area contributed by atoms with Crippen LogP contribution in [0.5, 0.6) is 0 Å². The molecule has 1 N–H and O–H groups in total. The van der Waals surface area contributed by atoms with E-state index in [0.717, 1.165) is 16.7 Å². The summed E-state index contributed by atoms with van der Waals surface area (Å²) < 4.78 is 26.9. The average molecular weight is 444 g/mol. The van der Waals surface area contributed by atoms with Gasteiger partial charge in [-0.05, 0) is 85.7 Å². The molecule has 3 aromatic rings. The van der Waals surface area contributed by atoms with E-state index in [1.807, 2.05) is 32.0 Å². The lowest BCUT2D eigenvalue weighted by atomic mass is 10.0. The average Bonchev–Trinajstić information content (AvgIpc) is 2.82. The third-order valence-electron chi connectivity index (χ3n) is 4.88. The van der Waals surface area contributed by atoms with Crippen LogP contribution in [0.4, 0.5) is 20.2 Å². The highest BCUT2D eigenvalue weighted by Gasteiger charge is 2.17. The summed E-state index contributed by atoms with van der Waals surface area (Å²) in [5.74, 6) is 0.0349. The first-order valence-corrected chi connectivity index (χ1v) is 10.3. The number of rotatable bonds is 3. The Bertz CT molecular complexity index is 1230. The van der Waals surface area contributed by atoms with E-state index < -0.39 is 0 Å². The van der Waals surface area contributed by atoms with E-state index in [1.54, 1.807) is 42.6 Å². The number of amidine groups is 1. The van der Waals surface area contributed by atoms with Gasteiger partial charge in [-0.15, -0.1) is 5.06 Å². The third kappa shape index (κ3) is 5.51. The van der Waals surface area contributed by atoms with Gasteiger partial charge in [0.05, 0.1) is 5.69 Å². The first kappa shape index (κ1) is 22.0. The van der Waals surface area contributed by atoms with Crippen molar-refractivity contribution in [3.05, 3.63) is 120 Å². The van der Waals surface area contributed by atoms with Gasteiger partial charge in [-0.1, -0.05) is 18.2 Å². The molecular weight excluding hydrogens is 422 g/mol. The van der Waals surface area contributed by atoms with Crippen LogP contribution in [0.2, 0.25) is 0 Å². The van der Waals surface area contributed by atoms with Gasteiger partial charge < -0.3 is 10.2 Å². The summed E-state index contributed by atoms with van der Waals surface area (Å²) in [5.41, 5.74) is 4.04. The molecule has 166 valence electrons. The standard InChI is InChI=1S/C26H22F2N4O/c1-18-6-5-7-19(2)24(18)25(29-22-12-8-20(27)9-13-22)31-26(32-16-3-4-17-33-32)30-23-14-10-21(28)11-15-23/h3-17H,1-2H3,(H,29,30,31). The molecular formula is C26H22F2N4O. The maximum absolute atomic E-state index is 13.5. The molecule has 0 atom stereocenters. The van der Waals surface area contributed by atoms with Crippen molar-refractivity contribution < 1.29 is 13.6 Å². The van der Waals surface area contributed by atoms with E-state index >= 15 is 0 Å². The molecule has 0 amide bonds. The molecule has 7 heteroatoms. The fourth-order valence-corrected chi connectivity index (χ4v) is 3.28. The van der Waals surface area contributed by atoms with Crippen LogP contribution in [0, 0.1) is 25.5 Å². The smallest absolute Gasteiger partial charge is 0.266 e. The van der Waals surface area contributed by atoms with E-state index in [2.05, 4.69) is 10.3 Å². The van der Waals surface area contributed by atoms with Crippen LogP contribution in [-0.4, -0.2) is 16.9 Å². The first-order valence-electron chi connectivity index (χ1n) is 10.3. The minimum Gasteiger partial charge on any atom is -0.380 e. The Morgan fingerprint density at radius 1 is 0.848 bits per heavy atom. The Kier molecular flexibility index (Phi) is 6.59. The fraction of sp³-hybridized carbons (Fsp3) is 0.0769. The lowest BCUT2D eigenvalue weighted by Crippen LogP contribution is -2.27. The van der Waals surface area contributed by atoms with Gasteiger partial charge in [0.2, 0.25) is 0 Å². The molecule has 0 fully saturated rings. The lowest BCUT2D eigenvalue weighted by molar-refractivity contribution is 0.0109. The summed E-state index contributed by atoms with van der Waals surface area (Å²) in [6, 6.07) is 17.7. The second kappa shape index (κ2) is 9.91. The molecule has 33 heavy (non-hydrogen) atoms. The molecule has 4 rings (SSSR count). The molecule has 1 aliphatic heterocycles. The second-order valence-corrected chi connectivity index (χ2v) is 7.35. The van der Waals surface area contributed by atoms with Gasteiger partial charge in [0, 0.05) is 17.5 Å². The number of aryl methyl sites for hydroxylation is 2. The van der Waals surface area contributed by atoms with Gasteiger partial charge in [0.1, 0.15) is 23.7 Å². The highest BCUT2D eigenvalue weighted by molar-refractivity contribution is 6.14. The van der Waals surface area contributed by atoms with Crippen LogP contribution in [-0.2, 0) is 4.84 Å². The first-order chi connectivity index (χ1) is 16.0. The fourth-order valence-electron chi connectivity index (χ4n) is 3.28. The summed E-state index contributed by atoms with van der Waals surface area (Å²) in [4.78, 5) is 15.0. The molecule has 0 aliphatic carbocycles. The number of halogens is 2. The zero-order valence-electron chi connectivity index (χ0n) is 18.2. The van der Waals surface area contributed by atoms with Crippen LogP contribution in [0.1, 0.15) is 16.7 Å². The van der Waals surface area contributed by atoms with E-state index in [-0.39, 0.29) is 17.6 Å². The molecule has 1 aliphatic rings. The molecule has 5 nitrogen and oxygen atoms in total. The number of nitrogens with zero attached hydrogens (tertiary/aromatic N) is 3. The van der Waals surface area contributed by atoms with E-state index in [4.69, 9.17) is 9.83 Å². The Morgan fingerprint density at radius 3 is 2.09 bits per heavy atom. The Labute approximate surface area is 191 Å². The minimum atomic E-state index is -0.356. The van der Waals surface area contributed by atoms with Crippen molar-refractivity contribution in [3.63, 3.8) is 0 Å². The SMILES string of the molecule is Cc1cccc(C)c1C(=NC(=Nc1ccc(F)cc1)N1C=CC=CO1)Nc1ccc(F)cc1. The predicted molar refractivity (Wildman–Crippen MR) is 127 cm³/mol. The van der Waals surface area contributed by atoms with Crippen molar-refractivity contribution in [2.75, 3.05) is 5.32 Å². The van der Waals surface area contributed by atoms with Crippen LogP contribution in [0.25, 0.3) is 0 Å². The number of hydrogen-bond acceptors (Lipinski definition) is 2. The summed E-state index contributed by atoms with van der Waals surface area (Å²) in [5, 5.41) is 4.69. The Morgan fingerprint density at radius 2 is 1.48 bits per heavy atom. The van der Waals surface area contributed by atoms with E-state index in [9.17, 15) is 8.78 Å². The number of hydroxylamine groups is 2. The van der Waals surface area contributed by atoms with Crippen LogP contribution < -0.4 is 5.32 Å². The Hall–Kier alpha value is -4.26. The lowest BCUT2D eigenvalue weighted by Gasteiger charge is -2.21. The third-order valence-corrected chi connectivity index (χ3v) is 4.88. The van der Waals surface area contributed by atoms with Crippen molar-refractivity contribution in [2.45, 2.75) is 13.8 Å². The zero-order valence-corrected chi connectivity index (χ0v) is 18.2. The van der Waals surface area contributed by atoms with Crippen LogP contribution in [0.15, 0.2) is 101 Å². The summed E-state index contributed by atoms with van der Waals surface area (Å²) in [6.45, 7) is 3.97. The molecule has 0 bridgehead atoms. The number of anilines is 1.